The molecule has 0 amide bonds. The summed E-state index contributed by atoms with van der Waals surface area (Å²) in [4.78, 5) is 2.31. The molecule has 0 radical (unpaired) electrons. The molecule has 17 heavy (non-hydrogen) atoms. The van der Waals surface area contributed by atoms with Crippen molar-refractivity contribution in [3.05, 3.63) is 34.9 Å². The van der Waals surface area contributed by atoms with Crippen LogP contribution in [0.4, 0.5) is 0 Å². The Kier molecular flexibility index (Phi) is 5.96. The van der Waals surface area contributed by atoms with Gasteiger partial charge < -0.3 is 5.73 Å². The molecule has 3 heteroatoms. The van der Waals surface area contributed by atoms with Gasteiger partial charge in [0.1, 0.15) is 0 Å². The molecule has 0 aliphatic rings. The number of hydrogen-bond acceptors (Lipinski definition) is 2. The van der Waals surface area contributed by atoms with Crippen LogP contribution < -0.4 is 5.73 Å². The van der Waals surface area contributed by atoms with E-state index in [1.807, 2.05) is 18.2 Å². The fourth-order valence-electron chi connectivity index (χ4n) is 2.05. The van der Waals surface area contributed by atoms with E-state index in [0.717, 1.165) is 18.0 Å². The molecule has 0 bridgehead atoms. The van der Waals surface area contributed by atoms with Crippen LogP contribution in [-0.4, -0.2) is 24.5 Å². The predicted octanol–water partition coefficient (Wildman–Crippen LogP) is 3.15. The lowest BCUT2D eigenvalue weighted by Gasteiger charge is -2.28. The molecule has 1 unspecified atom stereocenters. The topological polar surface area (TPSA) is 29.3 Å². The van der Waals surface area contributed by atoms with Crippen LogP contribution in [0.15, 0.2) is 24.3 Å². The number of likely N-dealkylation sites (N-methyl/N-ethyl adjacent to an activating group) is 1. The normalized spacial score (nSPS) is 13.4. The molecule has 1 aromatic rings. The van der Waals surface area contributed by atoms with Crippen molar-refractivity contribution in [2.75, 3.05) is 13.6 Å². The minimum atomic E-state index is 0.439. The minimum Gasteiger partial charge on any atom is -0.329 e. The summed E-state index contributed by atoms with van der Waals surface area (Å²) in [5, 5.41) is 0.795. The highest BCUT2D eigenvalue weighted by atomic mass is 35.5. The van der Waals surface area contributed by atoms with Gasteiger partial charge in [0.25, 0.3) is 0 Å². The second-order valence-corrected chi connectivity index (χ2v) is 5.50. The van der Waals surface area contributed by atoms with E-state index in [9.17, 15) is 0 Å². The first-order valence-corrected chi connectivity index (χ1v) is 6.55. The third kappa shape index (κ3) is 5.07. The van der Waals surface area contributed by atoms with Gasteiger partial charge in [-0.15, -0.1) is 0 Å². The third-order valence-electron chi connectivity index (χ3n) is 2.96. The average Bonchev–Trinajstić information content (AvgIpc) is 2.25. The fourth-order valence-corrected chi connectivity index (χ4v) is 2.27. The van der Waals surface area contributed by atoms with Crippen LogP contribution >= 0.6 is 11.6 Å². The van der Waals surface area contributed by atoms with Gasteiger partial charge >= 0.3 is 0 Å². The SMILES string of the molecule is CC(C)CC(CN)N(C)Cc1cccc(Cl)c1. The van der Waals surface area contributed by atoms with Crippen molar-refractivity contribution in [3.63, 3.8) is 0 Å². The molecular weight excluding hydrogens is 232 g/mol. The summed E-state index contributed by atoms with van der Waals surface area (Å²) in [5.74, 6) is 0.672. The zero-order chi connectivity index (χ0) is 12.8. The second-order valence-electron chi connectivity index (χ2n) is 5.06. The summed E-state index contributed by atoms with van der Waals surface area (Å²) in [6.45, 7) is 6.07. The molecule has 1 aromatic carbocycles. The molecule has 0 spiro atoms. The first kappa shape index (κ1) is 14.5. The van der Waals surface area contributed by atoms with Gasteiger partial charge in [-0.2, -0.15) is 0 Å². The number of hydrogen-bond donors (Lipinski definition) is 1. The van der Waals surface area contributed by atoms with Crippen LogP contribution in [0.2, 0.25) is 5.02 Å². The van der Waals surface area contributed by atoms with Crippen LogP contribution in [0.1, 0.15) is 25.8 Å². The Morgan fingerprint density at radius 2 is 2.06 bits per heavy atom. The molecule has 0 saturated heterocycles. The summed E-state index contributed by atoms with van der Waals surface area (Å²) in [7, 11) is 2.13. The monoisotopic (exact) mass is 254 g/mol. The first-order valence-electron chi connectivity index (χ1n) is 6.17. The molecule has 0 saturated carbocycles. The van der Waals surface area contributed by atoms with Gasteiger partial charge in [0.15, 0.2) is 0 Å². The highest BCUT2D eigenvalue weighted by Gasteiger charge is 2.14. The van der Waals surface area contributed by atoms with Crippen molar-refractivity contribution >= 4 is 11.6 Å². The predicted molar refractivity (Wildman–Crippen MR) is 75.2 cm³/mol. The van der Waals surface area contributed by atoms with Crippen LogP contribution in [0, 0.1) is 5.92 Å². The molecule has 96 valence electrons. The molecule has 1 atom stereocenters. The van der Waals surface area contributed by atoms with E-state index in [0.29, 0.717) is 18.5 Å². The van der Waals surface area contributed by atoms with E-state index in [4.69, 9.17) is 17.3 Å². The van der Waals surface area contributed by atoms with E-state index in [1.165, 1.54) is 5.56 Å². The third-order valence-corrected chi connectivity index (χ3v) is 3.20. The number of rotatable bonds is 6. The van der Waals surface area contributed by atoms with Crippen molar-refractivity contribution in [1.29, 1.82) is 0 Å². The van der Waals surface area contributed by atoms with Crippen molar-refractivity contribution in [3.8, 4) is 0 Å². The minimum absolute atomic E-state index is 0.439. The molecule has 0 heterocycles. The summed E-state index contributed by atoms with van der Waals surface area (Å²) in [6.07, 6.45) is 1.13. The fraction of sp³-hybridized carbons (Fsp3) is 0.571. The molecule has 2 N–H and O–H groups in total. The van der Waals surface area contributed by atoms with E-state index < -0.39 is 0 Å². The number of benzene rings is 1. The van der Waals surface area contributed by atoms with Gasteiger partial charge in [0.05, 0.1) is 0 Å². The summed E-state index contributed by atoms with van der Waals surface area (Å²) in [5.41, 5.74) is 7.08. The Morgan fingerprint density at radius 1 is 1.35 bits per heavy atom. The lowest BCUT2D eigenvalue weighted by Crippen LogP contribution is -2.38. The lowest BCUT2D eigenvalue weighted by atomic mass is 10.0. The molecule has 2 nitrogen and oxygen atoms in total. The smallest absolute Gasteiger partial charge is 0.0409 e. The zero-order valence-electron chi connectivity index (χ0n) is 11.0. The average molecular weight is 255 g/mol. The van der Waals surface area contributed by atoms with Gasteiger partial charge in [-0.25, -0.2) is 0 Å². The molecular formula is C14H23ClN2. The van der Waals surface area contributed by atoms with Gasteiger partial charge in [-0.3, -0.25) is 4.90 Å². The Labute approximate surface area is 110 Å². The first-order chi connectivity index (χ1) is 8.02. The summed E-state index contributed by atoms with van der Waals surface area (Å²) in [6, 6.07) is 8.45. The largest absolute Gasteiger partial charge is 0.329 e. The van der Waals surface area contributed by atoms with Gasteiger partial charge in [-0.1, -0.05) is 37.6 Å². The van der Waals surface area contributed by atoms with Crippen molar-refractivity contribution in [1.82, 2.24) is 4.90 Å². The molecule has 0 fully saturated rings. The van der Waals surface area contributed by atoms with Crippen LogP contribution in [0.5, 0.6) is 0 Å². The van der Waals surface area contributed by atoms with Crippen molar-refractivity contribution in [2.45, 2.75) is 32.9 Å². The van der Waals surface area contributed by atoms with Crippen LogP contribution in [-0.2, 0) is 6.54 Å². The van der Waals surface area contributed by atoms with E-state index in [2.05, 4.69) is 31.9 Å². The zero-order valence-corrected chi connectivity index (χ0v) is 11.7. The second kappa shape index (κ2) is 7.00. The number of nitrogens with two attached hydrogens (primary N) is 1. The lowest BCUT2D eigenvalue weighted by molar-refractivity contribution is 0.210. The van der Waals surface area contributed by atoms with Gasteiger partial charge in [-0.05, 0) is 37.1 Å². The Balaban J connectivity index is 2.60. The van der Waals surface area contributed by atoms with Crippen LogP contribution in [0.25, 0.3) is 0 Å². The Hall–Kier alpha value is -0.570. The maximum atomic E-state index is 5.98. The molecule has 1 rings (SSSR count). The van der Waals surface area contributed by atoms with Gasteiger partial charge in [0, 0.05) is 24.2 Å². The number of halogens is 1. The highest BCUT2D eigenvalue weighted by molar-refractivity contribution is 6.30. The van der Waals surface area contributed by atoms with Crippen molar-refractivity contribution in [2.24, 2.45) is 11.7 Å². The quantitative estimate of drug-likeness (QED) is 0.845. The summed E-state index contributed by atoms with van der Waals surface area (Å²) < 4.78 is 0. The highest BCUT2D eigenvalue weighted by Crippen LogP contribution is 2.15. The summed E-state index contributed by atoms with van der Waals surface area (Å²) >= 11 is 5.98. The molecule has 0 aromatic heterocycles. The van der Waals surface area contributed by atoms with E-state index in [1.54, 1.807) is 0 Å². The molecule has 0 aliphatic carbocycles. The molecule has 0 aliphatic heterocycles. The van der Waals surface area contributed by atoms with Crippen molar-refractivity contribution < 1.29 is 0 Å². The maximum Gasteiger partial charge on any atom is 0.0409 e. The maximum absolute atomic E-state index is 5.98. The van der Waals surface area contributed by atoms with E-state index >= 15 is 0 Å². The number of nitrogens with zero attached hydrogens (tertiary/aromatic N) is 1. The van der Waals surface area contributed by atoms with Crippen LogP contribution in [0.3, 0.4) is 0 Å². The van der Waals surface area contributed by atoms with E-state index in [-0.39, 0.29) is 0 Å². The Morgan fingerprint density at radius 3 is 2.59 bits per heavy atom. The standard InChI is InChI=1S/C14H23ClN2/c1-11(2)7-14(9-16)17(3)10-12-5-4-6-13(15)8-12/h4-6,8,11,14H,7,9-10,16H2,1-3H3. The Bertz CT molecular complexity index is 339. The van der Waals surface area contributed by atoms with Gasteiger partial charge in [0.2, 0.25) is 0 Å².